The quantitative estimate of drug-likeness (QED) is 0.652. The van der Waals surface area contributed by atoms with E-state index in [-0.39, 0.29) is 23.6 Å². The van der Waals surface area contributed by atoms with Crippen molar-refractivity contribution in [3.05, 3.63) is 41.1 Å². The zero-order valence-electron chi connectivity index (χ0n) is 12.1. The van der Waals surface area contributed by atoms with Gasteiger partial charge in [0.1, 0.15) is 6.54 Å². The number of ether oxygens (including phenoxy) is 1. The van der Waals surface area contributed by atoms with E-state index >= 15 is 0 Å². The number of aromatic nitrogens is 2. The second-order valence-corrected chi connectivity index (χ2v) is 5.14. The lowest BCUT2D eigenvalue weighted by molar-refractivity contribution is -0.139. The second-order valence-electron chi connectivity index (χ2n) is 4.80. The molecule has 0 atom stereocenters. The standard InChI is InChI=1S/C14H13ClFN5O2/c1-23-12(22)7-21-11-4-9(3-2-8(11)5-18-21)19-13-10(16)6-17-14(15)20-13/h2-4,6,18H,5,7H2,1H3,(H,17,19,20). The van der Waals surface area contributed by atoms with Gasteiger partial charge >= 0.3 is 5.97 Å². The average Bonchev–Trinajstić information content (AvgIpc) is 2.93. The summed E-state index contributed by atoms with van der Waals surface area (Å²) in [6.07, 6.45) is 0.996. The van der Waals surface area contributed by atoms with Crippen LogP contribution < -0.4 is 15.8 Å². The molecular formula is C14H13ClFN5O2. The van der Waals surface area contributed by atoms with Gasteiger partial charge in [-0.3, -0.25) is 9.80 Å². The van der Waals surface area contributed by atoms with Gasteiger partial charge in [0, 0.05) is 12.2 Å². The highest BCUT2D eigenvalue weighted by Gasteiger charge is 2.21. The average molecular weight is 338 g/mol. The van der Waals surface area contributed by atoms with Crippen LogP contribution >= 0.6 is 11.6 Å². The predicted molar refractivity (Wildman–Crippen MR) is 82.9 cm³/mol. The number of hydrogen-bond acceptors (Lipinski definition) is 7. The van der Waals surface area contributed by atoms with Crippen LogP contribution in [0.4, 0.5) is 21.6 Å². The van der Waals surface area contributed by atoms with Crippen molar-refractivity contribution in [2.75, 3.05) is 24.0 Å². The summed E-state index contributed by atoms with van der Waals surface area (Å²) in [5.74, 6) is -0.993. The van der Waals surface area contributed by atoms with Gasteiger partial charge in [-0.25, -0.2) is 14.8 Å². The minimum absolute atomic E-state index is 0.0181. The van der Waals surface area contributed by atoms with Crippen LogP contribution in [0.1, 0.15) is 5.56 Å². The maximum atomic E-state index is 13.7. The third-order valence-electron chi connectivity index (χ3n) is 3.33. The van der Waals surface area contributed by atoms with Crippen molar-refractivity contribution in [3.63, 3.8) is 0 Å². The summed E-state index contributed by atoms with van der Waals surface area (Å²) in [6, 6.07) is 5.45. The molecule has 0 unspecified atom stereocenters. The van der Waals surface area contributed by atoms with Crippen LogP contribution in [0, 0.1) is 5.82 Å². The molecule has 0 saturated heterocycles. The number of esters is 1. The molecule has 120 valence electrons. The first-order valence-corrected chi connectivity index (χ1v) is 7.10. The number of hydrazine groups is 1. The molecule has 7 nitrogen and oxygen atoms in total. The van der Waals surface area contributed by atoms with E-state index in [9.17, 15) is 9.18 Å². The fraction of sp³-hybridized carbons (Fsp3) is 0.214. The molecular weight excluding hydrogens is 325 g/mol. The third kappa shape index (κ3) is 3.33. The molecule has 0 spiro atoms. The predicted octanol–water partition coefficient (Wildman–Crippen LogP) is 2.01. The fourth-order valence-corrected chi connectivity index (χ4v) is 2.35. The van der Waals surface area contributed by atoms with E-state index in [1.807, 2.05) is 6.07 Å². The van der Waals surface area contributed by atoms with E-state index in [0.29, 0.717) is 12.2 Å². The number of anilines is 3. The summed E-state index contributed by atoms with van der Waals surface area (Å²) in [4.78, 5) is 18.8. The molecule has 2 aromatic rings. The lowest BCUT2D eigenvalue weighted by atomic mass is 10.1. The lowest BCUT2D eigenvalue weighted by Crippen LogP contribution is -2.37. The number of rotatable bonds is 4. The Hall–Kier alpha value is -2.45. The van der Waals surface area contributed by atoms with Crippen molar-refractivity contribution in [1.82, 2.24) is 15.4 Å². The Morgan fingerprint density at radius 1 is 1.57 bits per heavy atom. The summed E-state index contributed by atoms with van der Waals surface area (Å²) in [7, 11) is 1.33. The van der Waals surface area contributed by atoms with Gasteiger partial charge in [-0.1, -0.05) is 6.07 Å². The number of hydrogen-bond donors (Lipinski definition) is 2. The monoisotopic (exact) mass is 337 g/mol. The van der Waals surface area contributed by atoms with Crippen LogP contribution in [0.25, 0.3) is 0 Å². The van der Waals surface area contributed by atoms with E-state index in [4.69, 9.17) is 11.6 Å². The summed E-state index contributed by atoms with van der Waals surface area (Å²) in [6.45, 7) is 0.668. The summed E-state index contributed by atoms with van der Waals surface area (Å²) in [5.41, 5.74) is 5.51. The first-order valence-electron chi connectivity index (χ1n) is 6.72. The van der Waals surface area contributed by atoms with E-state index in [0.717, 1.165) is 17.4 Å². The highest BCUT2D eigenvalue weighted by molar-refractivity contribution is 6.28. The number of carbonyl (C=O) groups excluding carboxylic acids is 1. The molecule has 1 aliphatic heterocycles. The van der Waals surface area contributed by atoms with Crippen LogP contribution in [-0.4, -0.2) is 29.6 Å². The van der Waals surface area contributed by atoms with Crippen molar-refractivity contribution >= 4 is 34.8 Å². The molecule has 2 heterocycles. The topological polar surface area (TPSA) is 79.4 Å². The Kier molecular flexibility index (Phi) is 4.26. The highest BCUT2D eigenvalue weighted by Crippen LogP contribution is 2.30. The molecule has 1 aromatic heterocycles. The summed E-state index contributed by atoms with van der Waals surface area (Å²) >= 11 is 5.67. The first kappa shape index (κ1) is 15.4. The number of halogens is 2. The van der Waals surface area contributed by atoms with E-state index in [2.05, 4.69) is 25.4 Å². The Morgan fingerprint density at radius 3 is 3.17 bits per heavy atom. The largest absolute Gasteiger partial charge is 0.468 e. The van der Waals surface area contributed by atoms with Crippen LogP contribution in [0.2, 0.25) is 5.28 Å². The highest BCUT2D eigenvalue weighted by atomic mass is 35.5. The molecule has 1 aliphatic rings. The van der Waals surface area contributed by atoms with E-state index < -0.39 is 5.82 Å². The van der Waals surface area contributed by atoms with Gasteiger partial charge in [0.05, 0.1) is 19.0 Å². The number of benzene rings is 1. The van der Waals surface area contributed by atoms with Gasteiger partial charge in [-0.2, -0.15) is 4.98 Å². The van der Waals surface area contributed by atoms with Gasteiger partial charge in [-0.05, 0) is 29.3 Å². The molecule has 0 fully saturated rings. The van der Waals surface area contributed by atoms with Gasteiger partial charge in [0.15, 0.2) is 11.6 Å². The first-order chi connectivity index (χ1) is 11.1. The number of nitrogens with one attached hydrogen (secondary N) is 2. The minimum atomic E-state index is -0.612. The zero-order chi connectivity index (χ0) is 16.4. The van der Waals surface area contributed by atoms with Crippen molar-refractivity contribution in [1.29, 1.82) is 0 Å². The number of methoxy groups -OCH3 is 1. The third-order valence-corrected chi connectivity index (χ3v) is 3.51. The molecule has 0 amide bonds. The van der Waals surface area contributed by atoms with Gasteiger partial charge < -0.3 is 10.1 Å². The SMILES string of the molecule is COC(=O)CN1NCc2ccc(Nc3nc(Cl)ncc3F)cc21. The number of carbonyl (C=O) groups is 1. The van der Waals surface area contributed by atoms with E-state index in [1.165, 1.54) is 7.11 Å². The van der Waals surface area contributed by atoms with Gasteiger partial charge in [0.2, 0.25) is 5.28 Å². The lowest BCUT2D eigenvalue weighted by Gasteiger charge is -2.18. The Bertz CT molecular complexity index is 758. The molecule has 0 saturated carbocycles. The summed E-state index contributed by atoms with van der Waals surface area (Å²) in [5, 5.41) is 4.47. The summed E-state index contributed by atoms with van der Waals surface area (Å²) < 4.78 is 18.4. The molecule has 1 aromatic carbocycles. The molecule has 0 bridgehead atoms. The minimum Gasteiger partial charge on any atom is -0.468 e. The fourth-order valence-electron chi connectivity index (χ4n) is 2.21. The van der Waals surface area contributed by atoms with Gasteiger partial charge in [0.25, 0.3) is 0 Å². The Morgan fingerprint density at radius 2 is 2.39 bits per heavy atom. The van der Waals surface area contributed by atoms with Crippen LogP contribution in [0.15, 0.2) is 24.4 Å². The number of fused-ring (bicyclic) bond motifs is 1. The maximum Gasteiger partial charge on any atom is 0.326 e. The molecule has 0 aliphatic carbocycles. The zero-order valence-corrected chi connectivity index (χ0v) is 12.9. The molecule has 9 heteroatoms. The maximum absolute atomic E-state index is 13.7. The Labute approximate surface area is 136 Å². The second kappa shape index (κ2) is 6.35. The molecule has 2 N–H and O–H groups in total. The van der Waals surface area contributed by atoms with Crippen LogP contribution in [-0.2, 0) is 16.1 Å². The van der Waals surface area contributed by atoms with E-state index in [1.54, 1.807) is 17.1 Å². The van der Waals surface area contributed by atoms with Gasteiger partial charge in [-0.15, -0.1) is 0 Å². The van der Waals surface area contributed by atoms with Crippen molar-refractivity contribution < 1.29 is 13.9 Å². The smallest absolute Gasteiger partial charge is 0.326 e. The number of nitrogens with zero attached hydrogens (tertiary/aromatic N) is 3. The van der Waals surface area contributed by atoms with Crippen LogP contribution in [0.3, 0.4) is 0 Å². The van der Waals surface area contributed by atoms with Crippen LogP contribution in [0.5, 0.6) is 0 Å². The normalized spacial score (nSPS) is 12.9. The van der Waals surface area contributed by atoms with Crippen molar-refractivity contribution in [2.45, 2.75) is 6.54 Å². The molecule has 23 heavy (non-hydrogen) atoms. The van der Waals surface area contributed by atoms with Crippen molar-refractivity contribution in [3.8, 4) is 0 Å². The Balaban J connectivity index is 1.84. The van der Waals surface area contributed by atoms with Crippen molar-refractivity contribution in [2.24, 2.45) is 0 Å². The molecule has 3 rings (SSSR count). The molecule has 0 radical (unpaired) electrons.